The van der Waals surface area contributed by atoms with Crippen LogP contribution in [0.1, 0.15) is 13.3 Å². The Balaban J connectivity index is -0.000000392. The van der Waals surface area contributed by atoms with Crippen LogP contribution in [-0.4, -0.2) is 354 Å². The van der Waals surface area contributed by atoms with Crippen molar-refractivity contribution in [1.82, 2.24) is 0 Å². The Bertz CT molecular complexity index is 1060. The Morgan fingerprint density at radius 2 is 0.612 bits per heavy atom. The van der Waals surface area contributed by atoms with Crippen LogP contribution < -0.4 is 0 Å². The summed E-state index contributed by atoms with van der Waals surface area (Å²) in [5.41, 5.74) is 0. The van der Waals surface area contributed by atoms with Crippen LogP contribution in [0.15, 0.2) is 0 Å². The minimum atomic E-state index is -1.85. The maximum atomic E-state index is 9.96. The van der Waals surface area contributed by atoms with Gasteiger partial charge in [-0.25, -0.2) is 0 Å². The monoisotopic (exact) mass is 1010 g/mol. The van der Waals surface area contributed by atoms with Crippen LogP contribution in [-0.2, 0) is 9.47 Å². The Hall–Kier alpha value is -1.28. The molecule has 0 bridgehead atoms. The lowest BCUT2D eigenvalue weighted by atomic mass is 9.94. The topological polar surface area (TPSA) is 625 Å². The van der Waals surface area contributed by atoms with Crippen molar-refractivity contribution in [3.05, 3.63) is 0 Å². The van der Waals surface area contributed by atoms with Gasteiger partial charge in [0.2, 0.25) is 0 Å². The maximum Gasteiger partial charge on any atom is 0.186 e. The van der Waals surface area contributed by atoms with Crippen LogP contribution in [0.4, 0.5) is 0 Å². The summed E-state index contributed by atoms with van der Waals surface area (Å²) < 4.78 is 10.3. The molecule has 1 heterocycles. The Morgan fingerprint density at radius 3 is 0.881 bits per heavy atom. The van der Waals surface area contributed by atoms with Crippen molar-refractivity contribution >= 4 is 0 Å². The third-order valence-electron chi connectivity index (χ3n) is 9.28. The van der Waals surface area contributed by atoms with Crippen LogP contribution in [0.2, 0.25) is 0 Å². The van der Waals surface area contributed by atoms with Gasteiger partial charge in [0, 0.05) is 0 Å². The highest BCUT2D eigenvalue weighted by Gasteiger charge is 2.47. The molecule has 21 atom stereocenters. The van der Waals surface area contributed by atoms with E-state index in [1.165, 1.54) is 0 Å². The molecule has 1 fully saturated rings. The first-order valence-corrected chi connectivity index (χ1v) is 20.1. The van der Waals surface area contributed by atoms with E-state index >= 15 is 0 Å². The maximum absolute atomic E-state index is 9.96. The summed E-state index contributed by atoms with van der Waals surface area (Å²) in [4.78, 5) is 0. The molecule has 0 radical (unpaired) electrons. The summed E-state index contributed by atoms with van der Waals surface area (Å²) in [6.45, 7) is -5.23. The number of aliphatic hydroxyl groups is 30. The number of hydrogen-bond donors (Lipinski definition) is 30. The van der Waals surface area contributed by atoms with Crippen molar-refractivity contribution in [2.75, 3.05) is 66.1 Å². The lowest BCUT2D eigenvalue weighted by molar-refractivity contribution is -0.351. The smallest absolute Gasteiger partial charge is 0.186 e. The fraction of sp³-hybridized carbons (Fsp3) is 1.00. The molecule has 67 heavy (non-hydrogen) atoms. The van der Waals surface area contributed by atoms with Gasteiger partial charge in [-0.15, -0.1) is 0 Å². The average molecular weight is 1010 g/mol. The molecule has 0 spiro atoms. The third-order valence-corrected chi connectivity index (χ3v) is 9.28. The third kappa shape index (κ3) is 27.2. The Kier molecular flexibility index (Phi) is 43.5. The Labute approximate surface area is 382 Å². The molecule has 1 aliphatic heterocycles. The van der Waals surface area contributed by atoms with Crippen molar-refractivity contribution in [1.29, 1.82) is 0 Å². The zero-order valence-electron chi connectivity index (χ0n) is 36.3. The second-order valence-corrected chi connectivity index (χ2v) is 14.5. The van der Waals surface area contributed by atoms with Crippen LogP contribution in [0, 0.1) is 5.92 Å². The van der Waals surface area contributed by atoms with Crippen LogP contribution in [0.25, 0.3) is 0 Å². The number of rotatable bonds is 26. The minimum Gasteiger partial charge on any atom is -0.396 e. The predicted octanol–water partition coefficient (Wildman–Crippen LogP) is -17.2. The van der Waals surface area contributed by atoms with Gasteiger partial charge < -0.3 is 163 Å². The largest absolute Gasteiger partial charge is 0.396 e. The van der Waals surface area contributed by atoms with E-state index in [4.69, 9.17) is 127 Å². The van der Waals surface area contributed by atoms with E-state index in [0.717, 1.165) is 0 Å². The van der Waals surface area contributed by atoms with Gasteiger partial charge in [0.25, 0.3) is 0 Å². The van der Waals surface area contributed by atoms with E-state index in [1.54, 1.807) is 6.92 Å². The highest BCUT2D eigenvalue weighted by Crippen LogP contribution is 2.28. The molecule has 0 aromatic carbocycles. The van der Waals surface area contributed by atoms with E-state index in [0.29, 0.717) is 0 Å². The molecule has 30 N–H and O–H groups in total. The molecule has 0 saturated carbocycles. The lowest BCUT2D eigenvalue weighted by Crippen LogP contribution is -2.59. The molecule has 0 aromatic heterocycles. The van der Waals surface area contributed by atoms with Gasteiger partial charge >= 0.3 is 0 Å². The van der Waals surface area contributed by atoms with Crippen molar-refractivity contribution in [3.63, 3.8) is 0 Å². The van der Waals surface area contributed by atoms with E-state index in [2.05, 4.69) is 0 Å². The average Bonchev–Trinajstić information content (AvgIpc) is 3.35. The second-order valence-electron chi connectivity index (χ2n) is 14.5. The van der Waals surface area contributed by atoms with Crippen molar-refractivity contribution in [3.8, 4) is 0 Å². The Morgan fingerprint density at radius 1 is 0.343 bits per heavy atom. The van der Waals surface area contributed by atoms with Crippen LogP contribution >= 0.6 is 0 Å². The summed E-state index contributed by atoms with van der Waals surface area (Å²) in [7, 11) is 0. The van der Waals surface area contributed by atoms with Gasteiger partial charge in [-0.05, 0) is 6.42 Å². The number of hydrogen-bond acceptors (Lipinski definition) is 32. The van der Waals surface area contributed by atoms with Crippen molar-refractivity contribution < 1.29 is 163 Å². The van der Waals surface area contributed by atoms with Crippen molar-refractivity contribution in [2.24, 2.45) is 5.92 Å². The van der Waals surface area contributed by atoms with Crippen LogP contribution in [0.5, 0.6) is 0 Å². The highest BCUT2D eigenvalue weighted by molar-refractivity contribution is 4.89. The number of ether oxygens (including phenoxy) is 2. The summed E-state index contributed by atoms with van der Waals surface area (Å²) in [6.07, 6.45) is -34.1. The van der Waals surface area contributed by atoms with E-state index in [1.807, 2.05) is 0 Å². The standard InChI is InChI=1S/C13H26O10.C7H16O7.C6H14O6.C5H12O5.C4H10O4/c1-2-6(16)11(9(19)7(17)4-15)22-13-5(3-14)8(18)10(20)12(21)23-13;8-1-3(10)5(12)7(14)6(13)4(11)2-9;7-1-3(9)5(11)6(12)4(10)2-8;6-1-3(8)5(10)4(9)2-7;5-1-3(7)4(8)2-6/h5-21H,2-4H2,1H3;3-14H,1-2H2;3-12H,1-2H2;3-10H,1-2H2;3-8H,1-2H2. The first-order chi connectivity index (χ1) is 31.1. The fourth-order valence-electron chi connectivity index (χ4n) is 4.60. The molecule has 410 valence electrons. The molecule has 0 aliphatic carbocycles. The summed E-state index contributed by atoms with van der Waals surface area (Å²) in [6, 6.07) is 0. The first kappa shape index (κ1) is 72.3. The SMILES string of the molecule is CCC(O)C(OC1OC(O)C(O)C(O)C1CO)C(O)C(O)CO.OCC(O)C(O)C(O)C(O)C(O)CO.OCC(O)C(O)C(O)C(O)CO.OCC(O)C(O)C(O)CO.OCC(O)C(O)CO. The highest BCUT2D eigenvalue weighted by atomic mass is 16.7. The van der Waals surface area contributed by atoms with Gasteiger partial charge in [0.15, 0.2) is 12.6 Å². The summed E-state index contributed by atoms with van der Waals surface area (Å²) >= 11 is 0. The molecule has 0 amide bonds. The number of aliphatic hydroxyl groups excluding tert-OH is 30. The zero-order valence-corrected chi connectivity index (χ0v) is 36.3. The normalized spacial score (nSPS) is 26.5. The van der Waals surface area contributed by atoms with E-state index in [9.17, 15) is 35.7 Å². The minimum absolute atomic E-state index is 0.129. The lowest BCUT2D eigenvalue weighted by Gasteiger charge is -2.42. The van der Waals surface area contributed by atoms with Gasteiger partial charge in [-0.3, -0.25) is 0 Å². The second kappa shape index (κ2) is 40.3. The molecule has 21 unspecified atom stereocenters. The van der Waals surface area contributed by atoms with Gasteiger partial charge in [-0.2, -0.15) is 0 Å². The molecule has 32 heteroatoms. The van der Waals surface area contributed by atoms with Gasteiger partial charge in [0.1, 0.15) is 110 Å². The molecule has 1 saturated heterocycles. The van der Waals surface area contributed by atoms with E-state index < -0.39 is 207 Å². The molecule has 1 rings (SSSR count). The fourth-order valence-corrected chi connectivity index (χ4v) is 4.60. The first-order valence-electron chi connectivity index (χ1n) is 20.1. The molecule has 32 nitrogen and oxygen atoms in total. The van der Waals surface area contributed by atoms with Gasteiger partial charge in [-0.1, -0.05) is 6.92 Å². The molecular formula is C35H78O32. The summed E-state index contributed by atoms with van der Waals surface area (Å²) in [5.74, 6) is -1.15. The molecular weight excluding hydrogens is 932 g/mol. The van der Waals surface area contributed by atoms with E-state index in [-0.39, 0.29) is 6.42 Å². The summed E-state index contributed by atoms with van der Waals surface area (Å²) in [5, 5.41) is 266. The zero-order chi connectivity index (χ0) is 53.5. The van der Waals surface area contributed by atoms with Gasteiger partial charge in [0.05, 0.1) is 84.2 Å². The molecule has 1 aliphatic rings. The van der Waals surface area contributed by atoms with Crippen LogP contribution in [0.3, 0.4) is 0 Å². The predicted molar refractivity (Wildman–Crippen MR) is 215 cm³/mol. The molecule has 0 aromatic rings. The van der Waals surface area contributed by atoms with Crippen molar-refractivity contribution in [2.45, 2.75) is 148 Å². The quantitative estimate of drug-likeness (QED) is 0.0382.